The summed E-state index contributed by atoms with van der Waals surface area (Å²) in [6.45, 7) is 10.2. The Balaban J connectivity index is 0.00000264. The molecule has 1 saturated heterocycles. The normalized spacial score (nSPS) is 17.0. The van der Waals surface area contributed by atoms with E-state index in [0.717, 1.165) is 31.7 Å². The summed E-state index contributed by atoms with van der Waals surface area (Å²) >= 11 is 0. The van der Waals surface area contributed by atoms with Crippen LogP contribution in [0.15, 0.2) is 24.3 Å². The number of hydrogen-bond acceptors (Lipinski definition) is 3. The molecule has 2 rings (SSSR count). The van der Waals surface area contributed by atoms with Gasteiger partial charge in [-0.25, -0.2) is 0 Å². The summed E-state index contributed by atoms with van der Waals surface area (Å²) < 4.78 is 5.83. The Morgan fingerprint density at radius 1 is 1.30 bits per heavy atom. The van der Waals surface area contributed by atoms with E-state index in [4.69, 9.17) is 4.74 Å². The van der Waals surface area contributed by atoms with Crippen LogP contribution in [0.2, 0.25) is 0 Å². The zero-order valence-electron chi connectivity index (χ0n) is 14.5. The molecular formula is C18H29ClN2O2. The second kappa shape index (κ2) is 8.55. The Labute approximate surface area is 145 Å². The van der Waals surface area contributed by atoms with Crippen LogP contribution in [0.5, 0.6) is 5.75 Å². The first-order valence-electron chi connectivity index (χ1n) is 8.14. The molecule has 0 saturated carbocycles. The van der Waals surface area contributed by atoms with Crippen LogP contribution in [0.3, 0.4) is 0 Å². The van der Waals surface area contributed by atoms with Crippen molar-refractivity contribution in [2.24, 2.45) is 0 Å². The zero-order valence-corrected chi connectivity index (χ0v) is 15.3. The van der Waals surface area contributed by atoms with Gasteiger partial charge < -0.3 is 15.4 Å². The molecule has 4 nitrogen and oxygen atoms in total. The monoisotopic (exact) mass is 340 g/mol. The fraction of sp³-hybridized carbons (Fsp3) is 0.611. The summed E-state index contributed by atoms with van der Waals surface area (Å²) in [5.41, 5.74) is 1.27. The molecule has 1 unspecified atom stereocenters. The molecule has 1 fully saturated rings. The van der Waals surface area contributed by atoms with Gasteiger partial charge in [-0.15, -0.1) is 12.4 Å². The number of ether oxygens (including phenoxy) is 1. The van der Waals surface area contributed by atoms with Crippen LogP contribution < -0.4 is 15.4 Å². The van der Waals surface area contributed by atoms with E-state index in [1.807, 2.05) is 18.2 Å². The van der Waals surface area contributed by atoms with Crippen LogP contribution in [0.25, 0.3) is 0 Å². The van der Waals surface area contributed by atoms with Crippen molar-refractivity contribution in [1.29, 1.82) is 0 Å². The molecule has 0 aliphatic carbocycles. The number of carbonyl (C=O) groups is 1. The highest BCUT2D eigenvalue weighted by atomic mass is 35.5. The number of piperidine rings is 1. The molecular weight excluding hydrogens is 312 g/mol. The molecule has 23 heavy (non-hydrogen) atoms. The zero-order chi connectivity index (χ0) is 16.2. The highest BCUT2D eigenvalue weighted by molar-refractivity contribution is 5.85. The van der Waals surface area contributed by atoms with Crippen molar-refractivity contribution in [3.8, 4) is 5.75 Å². The summed E-state index contributed by atoms with van der Waals surface area (Å²) in [5, 5.41) is 6.37. The fourth-order valence-electron chi connectivity index (χ4n) is 2.58. The van der Waals surface area contributed by atoms with E-state index < -0.39 is 6.10 Å². The van der Waals surface area contributed by atoms with Crippen LogP contribution in [0.1, 0.15) is 46.1 Å². The molecule has 0 aromatic heterocycles. The second-order valence-electron chi connectivity index (χ2n) is 7.07. The Bertz CT molecular complexity index is 508. The van der Waals surface area contributed by atoms with E-state index >= 15 is 0 Å². The van der Waals surface area contributed by atoms with Crippen LogP contribution in [0, 0.1) is 0 Å². The lowest BCUT2D eigenvalue weighted by Crippen LogP contribution is -2.47. The van der Waals surface area contributed by atoms with Gasteiger partial charge in [0.25, 0.3) is 5.91 Å². The first-order chi connectivity index (χ1) is 10.4. The van der Waals surface area contributed by atoms with Crippen molar-refractivity contribution in [2.45, 2.75) is 58.1 Å². The van der Waals surface area contributed by atoms with Gasteiger partial charge >= 0.3 is 0 Å². The summed E-state index contributed by atoms with van der Waals surface area (Å²) in [6.07, 6.45) is 1.49. The molecule has 1 heterocycles. The standard InChI is InChI=1S/C18H28N2O2.ClH/c1-13(17(21)20-15-8-10-19-11-9-15)22-16-7-5-6-14(12-16)18(2,3)4;/h5-7,12-13,15,19H,8-11H2,1-4H3,(H,20,21);1H. The van der Waals surface area contributed by atoms with E-state index in [9.17, 15) is 4.79 Å². The first-order valence-corrected chi connectivity index (χ1v) is 8.14. The van der Waals surface area contributed by atoms with Crippen molar-refractivity contribution < 1.29 is 9.53 Å². The van der Waals surface area contributed by atoms with Crippen LogP contribution in [-0.2, 0) is 10.2 Å². The maximum Gasteiger partial charge on any atom is 0.260 e. The number of amides is 1. The third kappa shape index (κ3) is 6.04. The third-order valence-electron chi connectivity index (χ3n) is 4.07. The van der Waals surface area contributed by atoms with Gasteiger partial charge in [-0.05, 0) is 56.0 Å². The Morgan fingerprint density at radius 3 is 2.57 bits per heavy atom. The minimum absolute atomic E-state index is 0. The molecule has 0 bridgehead atoms. The Morgan fingerprint density at radius 2 is 1.96 bits per heavy atom. The van der Waals surface area contributed by atoms with Gasteiger partial charge in [-0.1, -0.05) is 32.9 Å². The van der Waals surface area contributed by atoms with Crippen LogP contribution in [-0.4, -0.2) is 31.1 Å². The molecule has 1 aliphatic heterocycles. The van der Waals surface area contributed by atoms with Crippen molar-refractivity contribution in [3.63, 3.8) is 0 Å². The Hall–Kier alpha value is -1.26. The predicted octanol–water partition coefficient (Wildman–Crippen LogP) is 3.04. The van der Waals surface area contributed by atoms with Crippen molar-refractivity contribution in [1.82, 2.24) is 10.6 Å². The predicted molar refractivity (Wildman–Crippen MR) is 96.5 cm³/mol. The SMILES string of the molecule is CC(Oc1cccc(C(C)(C)C)c1)C(=O)NC1CCNCC1.Cl. The van der Waals surface area contributed by atoms with Gasteiger partial charge in [-0.3, -0.25) is 4.79 Å². The maximum absolute atomic E-state index is 12.2. The first kappa shape index (κ1) is 19.8. The van der Waals surface area contributed by atoms with Crippen LogP contribution in [0.4, 0.5) is 0 Å². The van der Waals surface area contributed by atoms with Gasteiger partial charge in [-0.2, -0.15) is 0 Å². The average Bonchev–Trinajstić information content (AvgIpc) is 2.47. The minimum Gasteiger partial charge on any atom is -0.481 e. The lowest BCUT2D eigenvalue weighted by Gasteiger charge is -2.25. The number of hydrogen-bond donors (Lipinski definition) is 2. The molecule has 0 radical (unpaired) electrons. The average molecular weight is 341 g/mol. The van der Waals surface area contributed by atoms with E-state index in [-0.39, 0.29) is 29.8 Å². The largest absolute Gasteiger partial charge is 0.481 e. The van der Waals surface area contributed by atoms with Crippen molar-refractivity contribution >= 4 is 18.3 Å². The lowest BCUT2D eigenvalue weighted by molar-refractivity contribution is -0.128. The molecule has 1 aromatic carbocycles. The summed E-state index contributed by atoms with van der Waals surface area (Å²) in [6, 6.07) is 8.26. The Kier molecular flexibility index (Phi) is 7.36. The number of nitrogens with one attached hydrogen (secondary N) is 2. The molecule has 5 heteroatoms. The topological polar surface area (TPSA) is 50.4 Å². The van der Waals surface area contributed by atoms with E-state index in [0.29, 0.717) is 0 Å². The number of benzene rings is 1. The van der Waals surface area contributed by atoms with Gasteiger partial charge in [0.1, 0.15) is 5.75 Å². The number of rotatable bonds is 4. The highest BCUT2D eigenvalue weighted by Gasteiger charge is 2.21. The van der Waals surface area contributed by atoms with E-state index in [1.54, 1.807) is 6.92 Å². The van der Waals surface area contributed by atoms with Crippen molar-refractivity contribution in [2.75, 3.05) is 13.1 Å². The lowest BCUT2D eigenvalue weighted by atomic mass is 9.87. The third-order valence-corrected chi connectivity index (χ3v) is 4.07. The van der Waals surface area contributed by atoms with E-state index in [1.165, 1.54) is 5.56 Å². The smallest absolute Gasteiger partial charge is 0.260 e. The summed E-state index contributed by atoms with van der Waals surface area (Å²) in [5.74, 6) is 0.716. The second-order valence-corrected chi connectivity index (χ2v) is 7.07. The van der Waals surface area contributed by atoms with Gasteiger partial charge in [0.2, 0.25) is 0 Å². The maximum atomic E-state index is 12.2. The molecule has 1 aromatic rings. The summed E-state index contributed by atoms with van der Waals surface area (Å²) in [7, 11) is 0. The quantitative estimate of drug-likeness (QED) is 0.885. The van der Waals surface area contributed by atoms with Gasteiger partial charge in [0.05, 0.1) is 0 Å². The molecule has 2 N–H and O–H groups in total. The molecule has 1 amide bonds. The van der Waals surface area contributed by atoms with E-state index in [2.05, 4.69) is 37.5 Å². The molecule has 1 aliphatic rings. The number of halogens is 1. The van der Waals surface area contributed by atoms with Crippen molar-refractivity contribution in [3.05, 3.63) is 29.8 Å². The summed E-state index contributed by atoms with van der Waals surface area (Å²) in [4.78, 5) is 12.2. The fourth-order valence-corrected chi connectivity index (χ4v) is 2.58. The van der Waals surface area contributed by atoms with Gasteiger partial charge in [0.15, 0.2) is 6.10 Å². The molecule has 130 valence electrons. The number of carbonyl (C=O) groups excluding carboxylic acids is 1. The highest BCUT2D eigenvalue weighted by Crippen LogP contribution is 2.26. The minimum atomic E-state index is -0.481. The van der Waals surface area contributed by atoms with Gasteiger partial charge in [0, 0.05) is 6.04 Å². The molecule has 0 spiro atoms. The van der Waals surface area contributed by atoms with Crippen LogP contribution >= 0.6 is 12.4 Å². The molecule has 1 atom stereocenters.